The summed E-state index contributed by atoms with van der Waals surface area (Å²) in [4.78, 5) is 13.3. The van der Waals surface area contributed by atoms with E-state index < -0.39 is 0 Å². The van der Waals surface area contributed by atoms with Crippen molar-refractivity contribution in [2.75, 3.05) is 12.4 Å². The molecule has 0 radical (unpaired) electrons. The van der Waals surface area contributed by atoms with Crippen LogP contribution in [0.4, 0.5) is 5.82 Å². The van der Waals surface area contributed by atoms with E-state index in [-0.39, 0.29) is 0 Å². The average molecular weight is 439 g/mol. The number of anilines is 1. The quantitative estimate of drug-likeness (QED) is 0.299. The van der Waals surface area contributed by atoms with Crippen molar-refractivity contribution < 1.29 is 0 Å². The molecule has 1 N–H and O–H groups in total. The van der Waals surface area contributed by atoms with Crippen molar-refractivity contribution in [3.63, 3.8) is 0 Å². The van der Waals surface area contributed by atoms with Crippen LogP contribution in [0.3, 0.4) is 0 Å². The molecule has 6 nitrogen and oxygen atoms in total. The highest BCUT2D eigenvalue weighted by molar-refractivity contribution is 5.98. The third-order valence-corrected chi connectivity index (χ3v) is 5.27. The van der Waals surface area contributed by atoms with Crippen molar-refractivity contribution >= 4 is 27.9 Å². The molecule has 0 aliphatic rings. The van der Waals surface area contributed by atoms with Gasteiger partial charge in [0, 0.05) is 50.3 Å². The summed E-state index contributed by atoms with van der Waals surface area (Å²) < 4.78 is 1.78. The normalized spacial score (nSPS) is 11.8. The third-order valence-electron chi connectivity index (χ3n) is 5.27. The molecule has 0 aliphatic heterocycles. The fraction of sp³-hybridized carbons (Fsp3) is 0.185. The van der Waals surface area contributed by atoms with Crippen molar-refractivity contribution in [2.45, 2.75) is 20.4 Å². The van der Waals surface area contributed by atoms with E-state index >= 15 is 0 Å². The lowest BCUT2D eigenvalue weighted by Crippen LogP contribution is -2.02. The third kappa shape index (κ3) is 5.80. The monoisotopic (exact) mass is 438 g/mol. The van der Waals surface area contributed by atoms with Crippen LogP contribution >= 0.6 is 0 Å². The molecule has 1 aromatic carbocycles. The first-order valence-corrected chi connectivity index (χ1v) is 10.7. The summed E-state index contributed by atoms with van der Waals surface area (Å²) in [5.41, 5.74) is 6.32. The largest absolute Gasteiger partial charge is 0.365 e. The smallest absolute Gasteiger partial charge is 0.135 e. The van der Waals surface area contributed by atoms with Gasteiger partial charge in [-0.2, -0.15) is 5.10 Å². The van der Waals surface area contributed by atoms with Gasteiger partial charge in [0.1, 0.15) is 11.5 Å². The Bertz CT molecular complexity index is 1280. The maximum absolute atomic E-state index is 4.60. The molecule has 0 spiro atoms. The fourth-order valence-corrected chi connectivity index (χ4v) is 3.43. The van der Waals surface area contributed by atoms with Crippen LogP contribution in [0.2, 0.25) is 0 Å². The van der Waals surface area contributed by atoms with E-state index in [2.05, 4.69) is 81.9 Å². The number of pyridine rings is 2. The summed E-state index contributed by atoms with van der Waals surface area (Å²) in [6, 6.07) is 14.6. The number of aryl methyl sites for hydroxylation is 1. The van der Waals surface area contributed by atoms with E-state index in [9.17, 15) is 0 Å². The number of hydrogen-bond donors (Lipinski definition) is 1. The molecule has 0 fully saturated rings. The van der Waals surface area contributed by atoms with Crippen molar-refractivity contribution in [3.05, 3.63) is 91.4 Å². The number of rotatable bonds is 6. The Balaban J connectivity index is 0.00000149. The van der Waals surface area contributed by atoms with Gasteiger partial charge in [-0.1, -0.05) is 24.3 Å². The van der Waals surface area contributed by atoms with Gasteiger partial charge in [-0.25, -0.2) is 4.98 Å². The van der Waals surface area contributed by atoms with E-state index in [0.29, 0.717) is 6.54 Å². The van der Waals surface area contributed by atoms with Crippen LogP contribution in [-0.2, 0) is 13.6 Å². The van der Waals surface area contributed by atoms with Gasteiger partial charge >= 0.3 is 0 Å². The lowest BCUT2D eigenvalue weighted by molar-refractivity contribution is 0.770. The second-order valence-corrected chi connectivity index (χ2v) is 7.57. The van der Waals surface area contributed by atoms with Gasteiger partial charge in [0.15, 0.2) is 0 Å². The van der Waals surface area contributed by atoms with Gasteiger partial charge in [0.2, 0.25) is 0 Å². The van der Waals surface area contributed by atoms with E-state index in [4.69, 9.17) is 0 Å². The number of hydrogen-bond acceptors (Lipinski definition) is 5. The van der Waals surface area contributed by atoms with Gasteiger partial charge < -0.3 is 5.32 Å². The molecule has 0 atom stereocenters. The molecule has 0 saturated carbocycles. The van der Waals surface area contributed by atoms with Crippen LogP contribution in [-0.4, -0.2) is 32.5 Å². The molecule has 0 unspecified atom stereocenters. The van der Waals surface area contributed by atoms with Crippen LogP contribution in [0.15, 0.2) is 85.3 Å². The molecule has 3 heterocycles. The summed E-state index contributed by atoms with van der Waals surface area (Å²) in [7, 11) is 3.71. The first kappa shape index (κ1) is 23.6. The number of nitrogens with one attached hydrogen (secondary N) is 1. The van der Waals surface area contributed by atoms with E-state index in [0.717, 1.165) is 33.7 Å². The summed E-state index contributed by atoms with van der Waals surface area (Å²) in [5, 5.41) is 9.96. The number of aliphatic imine (C=N–C) groups is 1. The van der Waals surface area contributed by atoms with Crippen LogP contribution in [0, 0.1) is 0 Å². The van der Waals surface area contributed by atoms with Gasteiger partial charge in [0.25, 0.3) is 0 Å². The minimum atomic E-state index is 0.687. The second-order valence-electron chi connectivity index (χ2n) is 7.57. The van der Waals surface area contributed by atoms with Crippen LogP contribution in [0.5, 0.6) is 0 Å². The SMILES string of the molecule is C=C.CN=C(C)/C=C(\C)c1ccc(CNc2nccc3cc(-c4ccn(C)n4)ncc23)cc1. The van der Waals surface area contributed by atoms with Gasteiger partial charge in [-0.3, -0.25) is 14.7 Å². The highest BCUT2D eigenvalue weighted by Gasteiger charge is 2.08. The maximum atomic E-state index is 4.60. The van der Waals surface area contributed by atoms with E-state index in [1.807, 2.05) is 51.7 Å². The second kappa shape index (κ2) is 11.0. The first-order chi connectivity index (χ1) is 16.0. The molecule has 0 bridgehead atoms. The van der Waals surface area contributed by atoms with Crippen molar-refractivity contribution in [3.8, 4) is 11.4 Å². The van der Waals surface area contributed by atoms with Gasteiger partial charge in [0.05, 0.1) is 5.69 Å². The Morgan fingerprint density at radius 1 is 1.06 bits per heavy atom. The zero-order valence-electron chi connectivity index (χ0n) is 19.7. The molecule has 3 aromatic heterocycles. The number of aromatic nitrogens is 4. The minimum absolute atomic E-state index is 0.687. The summed E-state index contributed by atoms with van der Waals surface area (Å²) in [5.74, 6) is 0.826. The average Bonchev–Trinajstić information content (AvgIpc) is 3.30. The number of benzene rings is 1. The Morgan fingerprint density at radius 3 is 2.48 bits per heavy atom. The van der Waals surface area contributed by atoms with E-state index in [1.54, 1.807) is 4.68 Å². The molecule has 0 saturated heterocycles. The molecule has 4 aromatic rings. The zero-order valence-corrected chi connectivity index (χ0v) is 19.7. The Kier molecular flexibility index (Phi) is 7.86. The van der Waals surface area contributed by atoms with Crippen LogP contribution < -0.4 is 5.32 Å². The Hall–Kier alpha value is -4.06. The summed E-state index contributed by atoms with van der Waals surface area (Å²) in [6.07, 6.45) is 7.70. The fourth-order valence-electron chi connectivity index (χ4n) is 3.43. The lowest BCUT2D eigenvalue weighted by Gasteiger charge is -2.10. The van der Waals surface area contributed by atoms with Crippen molar-refractivity contribution in [1.82, 2.24) is 19.7 Å². The number of fused-ring (bicyclic) bond motifs is 1. The van der Waals surface area contributed by atoms with Crippen molar-refractivity contribution in [2.24, 2.45) is 12.0 Å². The zero-order chi connectivity index (χ0) is 23.8. The Morgan fingerprint density at radius 2 is 1.82 bits per heavy atom. The highest BCUT2D eigenvalue weighted by atomic mass is 15.2. The number of allylic oxidation sites excluding steroid dienone is 2. The molecular formula is C27H30N6. The highest BCUT2D eigenvalue weighted by Crippen LogP contribution is 2.25. The summed E-state index contributed by atoms with van der Waals surface area (Å²) in [6.45, 7) is 10.8. The molecule has 0 amide bonds. The molecule has 4 rings (SSSR count). The standard InChI is InChI=1S/C25H26N6.C2H4/c1-17(13-18(2)26-3)20-7-5-19(6-8-20)15-29-25-22-16-28-24(14-21(22)9-11-27-25)23-10-12-31(4)30-23;1-2/h5-14,16H,15H2,1-4H3,(H,27,29);1-2H2/b17-13+,26-18?;. The molecule has 6 heteroatoms. The van der Waals surface area contributed by atoms with E-state index in [1.165, 1.54) is 16.7 Å². The predicted octanol–water partition coefficient (Wildman–Crippen LogP) is 5.94. The van der Waals surface area contributed by atoms with Crippen LogP contribution in [0.25, 0.3) is 27.7 Å². The lowest BCUT2D eigenvalue weighted by atomic mass is 10.0. The number of nitrogens with zero attached hydrogens (tertiary/aromatic N) is 5. The Labute approximate surface area is 195 Å². The summed E-state index contributed by atoms with van der Waals surface area (Å²) >= 11 is 0. The van der Waals surface area contributed by atoms with Crippen molar-refractivity contribution in [1.29, 1.82) is 0 Å². The van der Waals surface area contributed by atoms with Gasteiger partial charge in [-0.05, 0) is 60.2 Å². The molecule has 0 aliphatic carbocycles. The van der Waals surface area contributed by atoms with Gasteiger partial charge in [-0.15, -0.1) is 13.2 Å². The van der Waals surface area contributed by atoms with Crippen LogP contribution in [0.1, 0.15) is 25.0 Å². The topological polar surface area (TPSA) is 68.0 Å². The molecular weight excluding hydrogens is 408 g/mol. The minimum Gasteiger partial charge on any atom is -0.365 e. The molecule has 33 heavy (non-hydrogen) atoms. The molecule has 168 valence electrons. The first-order valence-electron chi connectivity index (χ1n) is 10.7. The predicted molar refractivity (Wildman–Crippen MR) is 139 cm³/mol. The maximum Gasteiger partial charge on any atom is 0.135 e.